The van der Waals surface area contributed by atoms with E-state index in [1.165, 1.54) is 5.56 Å². The van der Waals surface area contributed by atoms with Gasteiger partial charge in [0.05, 0.1) is 20.3 Å². The van der Waals surface area contributed by atoms with Crippen LogP contribution in [0.1, 0.15) is 40.9 Å². The number of nitrogens with one attached hydrogen (secondary N) is 1. The third-order valence-corrected chi connectivity index (χ3v) is 5.60. The van der Waals surface area contributed by atoms with E-state index >= 15 is 0 Å². The lowest BCUT2D eigenvalue weighted by Gasteiger charge is -2.21. The molecule has 0 heterocycles. The first-order valence-electron chi connectivity index (χ1n) is 9.90. The Balaban J connectivity index is 1.90. The van der Waals surface area contributed by atoms with Gasteiger partial charge in [-0.2, -0.15) is 0 Å². The molecule has 4 nitrogen and oxygen atoms in total. The van der Waals surface area contributed by atoms with Crippen LogP contribution in [0.2, 0.25) is 0 Å². The number of methoxy groups -OCH3 is 2. The third-order valence-electron chi connectivity index (χ3n) is 5.07. The van der Waals surface area contributed by atoms with Crippen molar-refractivity contribution >= 4 is 27.4 Å². The Labute approximate surface area is 186 Å². The number of hydrogen-bond donors (Lipinski definition) is 1. The van der Waals surface area contributed by atoms with E-state index in [1.54, 1.807) is 14.2 Å². The van der Waals surface area contributed by atoms with Gasteiger partial charge in [-0.15, -0.1) is 0 Å². The van der Waals surface area contributed by atoms with Crippen LogP contribution in [0.15, 0.2) is 71.2 Å². The van der Waals surface area contributed by atoms with Crippen LogP contribution in [-0.2, 0) is 6.42 Å². The highest BCUT2D eigenvalue weighted by atomic mass is 79.9. The van der Waals surface area contributed by atoms with Gasteiger partial charge >= 0.3 is 0 Å². The maximum atomic E-state index is 13.0. The molecular weight excluding hydrogens is 442 g/mol. The van der Waals surface area contributed by atoms with Crippen molar-refractivity contribution in [3.05, 3.63) is 87.9 Å². The van der Waals surface area contributed by atoms with Crippen LogP contribution in [0, 0.1) is 0 Å². The molecule has 0 radical (unpaired) electrons. The van der Waals surface area contributed by atoms with E-state index in [2.05, 4.69) is 28.2 Å². The number of carbonyl (C=O) groups excluding carboxylic acids is 1. The number of hydrogen-bond acceptors (Lipinski definition) is 4. The molecule has 1 atom stereocenters. The van der Waals surface area contributed by atoms with Gasteiger partial charge in [-0.3, -0.25) is 4.79 Å². The summed E-state index contributed by atoms with van der Waals surface area (Å²) in [4.78, 5) is 13.0. The largest absolute Gasteiger partial charge is 0.493 e. The first-order chi connectivity index (χ1) is 14.5. The third kappa shape index (κ3) is 5.42. The quantitative estimate of drug-likeness (QED) is 0.367. The molecule has 0 saturated carbocycles. The molecule has 0 amide bonds. The van der Waals surface area contributed by atoms with E-state index in [9.17, 15) is 4.79 Å². The molecular formula is C25H26BrNO3. The van der Waals surface area contributed by atoms with Crippen LogP contribution in [0.25, 0.3) is 0 Å². The minimum Gasteiger partial charge on any atom is -0.493 e. The molecule has 0 spiro atoms. The fourth-order valence-electron chi connectivity index (χ4n) is 3.30. The van der Waals surface area contributed by atoms with Crippen LogP contribution in [0.4, 0.5) is 5.69 Å². The molecule has 0 aliphatic carbocycles. The number of rotatable bonds is 9. The summed E-state index contributed by atoms with van der Waals surface area (Å²) in [6, 6.07) is 21.3. The predicted molar refractivity (Wildman–Crippen MR) is 125 cm³/mol. The van der Waals surface area contributed by atoms with Crippen molar-refractivity contribution in [1.82, 2.24) is 0 Å². The number of ketones is 1. The highest BCUT2D eigenvalue weighted by Gasteiger charge is 2.19. The molecule has 5 heteroatoms. The number of anilines is 1. The van der Waals surface area contributed by atoms with E-state index < -0.39 is 0 Å². The van der Waals surface area contributed by atoms with Crippen molar-refractivity contribution in [2.24, 2.45) is 0 Å². The second-order valence-electron chi connectivity index (χ2n) is 7.00. The Kier molecular flexibility index (Phi) is 7.52. The van der Waals surface area contributed by atoms with Gasteiger partial charge in [-0.25, -0.2) is 0 Å². The topological polar surface area (TPSA) is 47.6 Å². The van der Waals surface area contributed by atoms with Crippen LogP contribution in [-0.4, -0.2) is 20.0 Å². The number of halogens is 1. The minimum atomic E-state index is -0.218. The molecule has 0 fully saturated rings. The first-order valence-corrected chi connectivity index (χ1v) is 10.7. The second kappa shape index (κ2) is 10.3. The Bertz CT molecular complexity index is 984. The zero-order chi connectivity index (χ0) is 21.5. The summed E-state index contributed by atoms with van der Waals surface area (Å²) < 4.78 is 11.8. The van der Waals surface area contributed by atoms with Gasteiger partial charge in [-0.05, 0) is 53.9 Å². The van der Waals surface area contributed by atoms with Crippen LogP contribution in [0.5, 0.6) is 11.5 Å². The van der Waals surface area contributed by atoms with E-state index in [0.717, 1.165) is 27.7 Å². The summed E-state index contributed by atoms with van der Waals surface area (Å²) in [7, 11) is 3.22. The molecule has 3 rings (SSSR count). The highest BCUT2D eigenvalue weighted by molar-refractivity contribution is 9.10. The van der Waals surface area contributed by atoms with Crippen LogP contribution < -0.4 is 14.8 Å². The zero-order valence-electron chi connectivity index (χ0n) is 17.4. The highest BCUT2D eigenvalue weighted by Crippen LogP contribution is 2.33. The average molecular weight is 468 g/mol. The second-order valence-corrected chi connectivity index (χ2v) is 7.91. The van der Waals surface area contributed by atoms with Gasteiger partial charge < -0.3 is 14.8 Å². The Morgan fingerprint density at radius 1 is 0.933 bits per heavy atom. The van der Waals surface area contributed by atoms with Crippen molar-refractivity contribution in [3.63, 3.8) is 0 Å². The van der Waals surface area contributed by atoms with E-state index in [1.807, 2.05) is 66.7 Å². The van der Waals surface area contributed by atoms with E-state index in [4.69, 9.17) is 9.47 Å². The number of carbonyl (C=O) groups is 1. The summed E-state index contributed by atoms with van der Waals surface area (Å²) in [6.07, 6.45) is 1.27. The lowest BCUT2D eigenvalue weighted by atomic mass is 9.96. The molecule has 30 heavy (non-hydrogen) atoms. The van der Waals surface area contributed by atoms with Crippen molar-refractivity contribution in [2.75, 3.05) is 19.5 Å². The Hall–Kier alpha value is -2.79. The summed E-state index contributed by atoms with van der Waals surface area (Å²) in [5.74, 6) is 1.38. The molecule has 1 N–H and O–H groups in total. The van der Waals surface area contributed by atoms with Gasteiger partial charge in [0.2, 0.25) is 0 Å². The Morgan fingerprint density at radius 3 is 2.20 bits per heavy atom. The standard InChI is InChI=1S/C25H26BrNO3/c1-4-17-5-7-18(8-6-17)23(28)16-22(27-21-12-10-20(26)11-13-21)19-9-14-24(29-2)25(15-19)30-3/h5-15,22,27H,4,16H2,1-3H3/t22-/m1/s1. The van der Waals surface area contributed by atoms with Gasteiger partial charge in [0.25, 0.3) is 0 Å². The van der Waals surface area contributed by atoms with Gasteiger partial charge in [0.1, 0.15) is 0 Å². The maximum absolute atomic E-state index is 13.0. The summed E-state index contributed by atoms with van der Waals surface area (Å²) in [5.41, 5.74) is 3.83. The van der Waals surface area contributed by atoms with Gasteiger partial charge in [0.15, 0.2) is 17.3 Å². The molecule has 0 aliphatic rings. The molecule has 0 aromatic heterocycles. The maximum Gasteiger partial charge on any atom is 0.165 e. The Morgan fingerprint density at radius 2 is 1.60 bits per heavy atom. The molecule has 156 valence electrons. The van der Waals surface area contributed by atoms with E-state index in [-0.39, 0.29) is 11.8 Å². The van der Waals surface area contributed by atoms with E-state index in [0.29, 0.717) is 17.9 Å². The molecule has 0 saturated heterocycles. The van der Waals surface area contributed by atoms with Crippen molar-refractivity contribution in [2.45, 2.75) is 25.8 Å². The predicted octanol–water partition coefficient (Wildman–Crippen LogP) is 6.45. The molecule has 0 aliphatic heterocycles. The molecule has 3 aromatic carbocycles. The van der Waals surface area contributed by atoms with Crippen molar-refractivity contribution in [3.8, 4) is 11.5 Å². The fourth-order valence-corrected chi connectivity index (χ4v) is 3.56. The smallest absolute Gasteiger partial charge is 0.165 e. The van der Waals surface area contributed by atoms with Crippen LogP contribution >= 0.6 is 15.9 Å². The normalized spacial score (nSPS) is 11.6. The van der Waals surface area contributed by atoms with Crippen molar-refractivity contribution < 1.29 is 14.3 Å². The lowest BCUT2D eigenvalue weighted by molar-refractivity contribution is 0.0976. The first kappa shape index (κ1) is 21.9. The molecule has 0 bridgehead atoms. The van der Waals surface area contributed by atoms with Crippen molar-refractivity contribution in [1.29, 1.82) is 0 Å². The number of Topliss-reactive ketones (excluding diaryl/α,β-unsaturated/α-hetero) is 1. The van der Waals surface area contributed by atoms with Crippen LogP contribution in [0.3, 0.4) is 0 Å². The molecule has 3 aromatic rings. The fraction of sp³-hybridized carbons (Fsp3) is 0.240. The number of ether oxygens (including phenoxy) is 2. The summed E-state index contributed by atoms with van der Waals surface area (Å²) >= 11 is 3.46. The number of benzene rings is 3. The summed E-state index contributed by atoms with van der Waals surface area (Å²) in [6.45, 7) is 2.10. The molecule has 0 unspecified atom stereocenters. The number of aryl methyl sites for hydroxylation is 1. The van der Waals surface area contributed by atoms with Gasteiger partial charge in [-0.1, -0.05) is 53.2 Å². The monoisotopic (exact) mass is 467 g/mol. The zero-order valence-corrected chi connectivity index (χ0v) is 19.0. The average Bonchev–Trinajstić information content (AvgIpc) is 2.79. The lowest BCUT2D eigenvalue weighted by Crippen LogP contribution is -2.16. The minimum absolute atomic E-state index is 0.0852. The summed E-state index contributed by atoms with van der Waals surface area (Å²) in [5, 5.41) is 3.50. The SMILES string of the molecule is CCc1ccc(C(=O)C[C@@H](Nc2ccc(Br)cc2)c2ccc(OC)c(OC)c2)cc1. The van der Waals surface area contributed by atoms with Gasteiger partial charge in [0, 0.05) is 22.1 Å².